The molecule has 2 fully saturated rings. The van der Waals surface area contributed by atoms with Gasteiger partial charge in [0, 0.05) is 31.6 Å². The molecule has 21 heavy (non-hydrogen) atoms. The van der Waals surface area contributed by atoms with E-state index in [2.05, 4.69) is 42.3 Å². The van der Waals surface area contributed by atoms with E-state index in [0.29, 0.717) is 5.54 Å². The quantitative estimate of drug-likeness (QED) is 0.921. The van der Waals surface area contributed by atoms with Gasteiger partial charge in [0.25, 0.3) is 0 Å². The minimum atomic E-state index is 0.341. The molecule has 3 nitrogen and oxygen atoms in total. The van der Waals surface area contributed by atoms with E-state index in [-0.39, 0.29) is 0 Å². The smallest absolute Gasteiger partial charge is 0.122 e. The molecule has 2 atom stereocenters. The number of nitrogens with zero attached hydrogens (tertiary/aromatic N) is 1. The zero-order valence-corrected chi connectivity index (χ0v) is 13.2. The number of nitrogens with one attached hydrogen (secondary N) is 1. The Bertz CT molecular complexity index is 540. The zero-order chi connectivity index (χ0) is 14.4. The Hall–Kier alpha value is -1.06. The maximum absolute atomic E-state index is 5.60. The van der Waals surface area contributed by atoms with Crippen molar-refractivity contribution < 1.29 is 4.74 Å². The molecule has 0 saturated carbocycles. The topological polar surface area (TPSA) is 24.5 Å². The molecule has 3 heteroatoms. The number of fused-ring (bicyclic) bond motifs is 2. The lowest BCUT2D eigenvalue weighted by atomic mass is 9.85. The van der Waals surface area contributed by atoms with Crippen LogP contribution in [0.5, 0.6) is 5.75 Å². The van der Waals surface area contributed by atoms with Crippen LogP contribution in [0.25, 0.3) is 0 Å². The fourth-order valence-corrected chi connectivity index (χ4v) is 4.54. The molecule has 0 bridgehead atoms. The van der Waals surface area contributed by atoms with Crippen LogP contribution < -0.4 is 10.1 Å². The molecule has 114 valence electrons. The predicted octanol–water partition coefficient (Wildman–Crippen LogP) is 2.09. The number of hydrogen-bond acceptors (Lipinski definition) is 3. The largest absolute Gasteiger partial charge is 0.493 e. The molecule has 0 radical (unpaired) electrons. The third-order valence-electron chi connectivity index (χ3n) is 5.94. The zero-order valence-electron chi connectivity index (χ0n) is 13.2. The van der Waals surface area contributed by atoms with Crippen LogP contribution >= 0.6 is 0 Å². The first-order valence-electron chi connectivity index (χ1n) is 8.35. The Balaban J connectivity index is 1.43. The van der Waals surface area contributed by atoms with Crippen molar-refractivity contribution in [2.24, 2.45) is 11.8 Å². The maximum Gasteiger partial charge on any atom is 0.122 e. The van der Waals surface area contributed by atoms with Gasteiger partial charge < -0.3 is 10.1 Å². The minimum Gasteiger partial charge on any atom is -0.493 e. The molecule has 1 N–H and O–H groups in total. The van der Waals surface area contributed by atoms with Gasteiger partial charge in [0.2, 0.25) is 0 Å². The lowest BCUT2D eigenvalue weighted by molar-refractivity contribution is 0.141. The van der Waals surface area contributed by atoms with Gasteiger partial charge in [-0.2, -0.15) is 0 Å². The summed E-state index contributed by atoms with van der Waals surface area (Å²) in [6, 6.07) is 6.76. The first-order chi connectivity index (χ1) is 10.1. The second kappa shape index (κ2) is 4.99. The molecule has 0 amide bonds. The van der Waals surface area contributed by atoms with Crippen LogP contribution in [0.1, 0.15) is 25.0 Å². The normalized spacial score (nSPS) is 30.2. The van der Waals surface area contributed by atoms with Crippen molar-refractivity contribution >= 4 is 0 Å². The monoisotopic (exact) mass is 286 g/mol. The lowest BCUT2D eigenvalue weighted by Crippen LogP contribution is -2.45. The van der Waals surface area contributed by atoms with E-state index in [1.54, 1.807) is 0 Å². The number of likely N-dealkylation sites (tertiary alicyclic amines) is 1. The van der Waals surface area contributed by atoms with Gasteiger partial charge in [-0.25, -0.2) is 0 Å². The van der Waals surface area contributed by atoms with E-state index in [9.17, 15) is 0 Å². The molecule has 0 spiro atoms. The van der Waals surface area contributed by atoms with E-state index in [1.807, 2.05) is 0 Å². The third kappa shape index (κ3) is 2.27. The van der Waals surface area contributed by atoms with Crippen molar-refractivity contribution in [2.75, 3.05) is 32.8 Å². The summed E-state index contributed by atoms with van der Waals surface area (Å²) >= 11 is 0. The van der Waals surface area contributed by atoms with E-state index >= 15 is 0 Å². The molecule has 3 aliphatic heterocycles. The fraction of sp³-hybridized carbons (Fsp3) is 0.667. The summed E-state index contributed by atoms with van der Waals surface area (Å²) in [6.45, 7) is 10.6. The third-order valence-corrected chi connectivity index (χ3v) is 5.94. The van der Waals surface area contributed by atoms with E-state index < -0.39 is 0 Å². The van der Waals surface area contributed by atoms with Crippen molar-refractivity contribution in [3.05, 3.63) is 29.3 Å². The summed E-state index contributed by atoms with van der Waals surface area (Å²) in [7, 11) is 0. The van der Waals surface area contributed by atoms with Crippen molar-refractivity contribution in [2.45, 2.75) is 32.2 Å². The van der Waals surface area contributed by atoms with Crippen LogP contribution in [0.3, 0.4) is 0 Å². The molecular formula is C18H26N2O. The van der Waals surface area contributed by atoms with Gasteiger partial charge in [-0.1, -0.05) is 12.1 Å². The van der Waals surface area contributed by atoms with E-state index in [1.165, 1.54) is 37.3 Å². The Morgan fingerprint density at radius 2 is 2.24 bits per heavy atom. The van der Waals surface area contributed by atoms with E-state index in [0.717, 1.165) is 37.0 Å². The summed E-state index contributed by atoms with van der Waals surface area (Å²) < 4.78 is 5.60. The van der Waals surface area contributed by atoms with Crippen molar-refractivity contribution in [1.82, 2.24) is 10.2 Å². The first kappa shape index (κ1) is 13.6. The summed E-state index contributed by atoms with van der Waals surface area (Å²) in [4.78, 5) is 2.72. The van der Waals surface area contributed by atoms with Crippen LogP contribution in [0.2, 0.25) is 0 Å². The van der Waals surface area contributed by atoms with Gasteiger partial charge in [-0.15, -0.1) is 0 Å². The molecule has 2 unspecified atom stereocenters. The van der Waals surface area contributed by atoms with Crippen LogP contribution in [0.15, 0.2) is 18.2 Å². The summed E-state index contributed by atoms with van der Waals surface area (Å²) in [5, 5.41) is 3.56. The fourth-order valence-electron chi connectivity index (χ4n) is 4.54. The van der Waals surface area contributed by atoms with Crippen molar-refractivity contribution in [3.63, 3.8) is 0 Å². The molecule has 2 saturated heterocycles. The van der Waals surface area contributed by atoms with Crippen molar-refractivity contribution in [1.29, 1.82) is 0 Å². The standard InChI is InChI=1S/C18H26N2O/c1-18(2)16-11-19-10-15(16)12-20(18)7-5-13-3-4-17-14(9-13)6-8-21-17/h3-4,9,15-16,19H,5-8,10-12H2,1-2H3. The summed E-state index contributed by atoms with van der Waals surface area (Å²) in [5.74, 6) is 2.78. The highest BCUT2D eigenvalue weighted by Crippen LogP contribution is 2.40. The van der Waals surface area contributed by atoms with Gasteiger partial charge in [0.05, 0.1) is 6.61 Å². The average molecular weight is 286 g/mol. The van der Waals surface area contributed by atoms with Crippen LogP contribution in [0.4, 0.5) is 0 Å². The molecule has 3 aliphatic rings. The molecule has 4 rings (SSSR count). The highest BCUT2D eigenvalue weighted by Gasteiger charge is 2.48. The second-order valence-electron chi connectivity index (χ2n) is 7.42. The average Bonchev–Trinajstić information content (AvgIpc) is 3.14. The minimum absolute atomic E-state index is 0.341. The Morgan fingerprint density at radius 1 is 1.33 bits per heavy atom. The highest BCUT2D eigenvalue weighted by atomic mass is 16.5. The van der Waals surface area contributed by atoms with Crippen molar-refractivity contribution in [3.8, 4) is 5.75 Å². The molecule has 1 aromatic carbocycles. The number of ether oxygens (including phenoxy) is 1. The predicted molar refractivity (Wildman–Crippen MR) is 84.8 cm³/mol. The number of rotatable bonds is 3. The molecule has 1 aromatic rings. The maximum atomic E-state index is 5.60. The molecular weight excluding hydrogens is 260 g/mol. The first-order valence-corrected chi connectivity index (χ1v) is 8.35. The molecule has 3 heterocycles. The SMILES string of the molecule is CC1(C)C2CNCC2CN1CCc1ccc2c(c1)CCO2. The Labute approximate surface area is 127 Å². The van der Waals surface area contributed by atoms with Gasteiger partial charge in [-0.05, 0) is 55.8 Å². The number of benzene rings is 1. The Kier molecular flexibility index (Phi) is 3.23. The van der Waals surface area contributed by atoms with Gasteiger partial charge in [0.15, 0.2) is 0 Å². The van der Waals surface area contributed by atoms with Gasteiger partial charge in [0.1, 0.15) is 5.75 Å². The summed E-state index contributed by atoms with van der Waals surface area (Å²) in [5.41, 5.74) is 3.20. The lowest BCUT2D eigenvalue weighted by Gasteiger charge is -2.35. The van der Waals surface area contributed by atoms with Crippen LogP contribution in [-0.2, 0) is 12.8 Å². The van der Waals surface area contributed by atoms with E-state index in [4.69, 9.17) is 4.74 Å². The van der Waals surface area contributed by atoms with Gasteiger partial charge >= 0.3 is 0 Å². The van der Waals surface area contributed by atoms with Crippen LogP contribution in [0, 0.1) is 11.8 Å². The second-order valence-corrected chi connectivity index (χ2v) is 7.42. The Morgan fingerprint density at radius 3 is 3.10 bits per heavy atom. The molecule has 0 aromatic heterocycles. The highest BCUT2D eigenvalue weighted by molar-refractivity contribution is 5.39. The van der Waals surface area contributed by atoms with Gasteiger partial charge in [-0.3, -0.25) is 4.90 Å². The summed E-state index contributed by atoms with van der Waals surface area (Å²) in [6.07, 6.45) is 2.23. The van der Waals surface area contributed by atoms with Crippen LogP contribution in [-0.4, -0.2) is 43.2 Å². The number of hydrogen-bond donors (Lipinski definition) is 1. The molecule has 0 aliphatic carbocycles.